The third kappa shape index (κ3) is 5.30. The van der Waals surface area contributed by atoms with E-state index in [4.69, 9.17) is 14.5 Å². The predicted molar refractivity (Wildman–Crippen MR) is 142 cm³/mol. The van der Waals surface area contributed by atoms with Gasteiger partial charge in [-0.2, -0.15) is 5.10 Å². The Bertz CT molecular complexity index is 1200. The second-order valence-corrected chi connectivity index (χ2v) is 9.99. The van der Waals surface area contributed by atoms with Gasteiger partial charge < -0.3 is 14.5 Å². The Morgan fingerprint density at radius 1 is 0.944 bits per heavy atom. The summed E-state index contributed by atoms with van der Waals surface area (Å²) >= 11 is 0. The van der Waals surface area contributed by atoms with Crippen LogP contribution < -0.4 is 0 Å². The Balaban J connectivity index is 1.25. The first kappa shape index (κ1) is 24.5. The lowest BCUT2D eigenvalue weighted by atomic mass is 9.81. The first-order valence-corrected chi connectivity index (χ1v) is 13.0. The van der Waals surface area contributed by atoms with Crippen molar-refractivity contribution in [3.63, 3.8) is 0 Å². The van der Waals surface area contributed by atoms with Crippen molar-refractivity contribution < 1.29 is 9.47 Å². The molecule has 5 rings (SSSR count). The van der Waals surface area contributed by atoms with E-state index in [1.165, 1.54) is 5.69 Å². The van der Waals surface area contributed by atoms with Crippen LogP contribution in [-0.4, -0.2) is 33.0 Å². The van der Waals surface area contributed by atoms with Gasteiger partial charge in [-0.25, -0.2) is 4.98 Å². The summed E-state index contributed by atoms with van der Waals surface area (Å²) in [6.07, 6.45) is 3.85. The van der Waals surface area contributed by atoms with Crippen molar-refractivity contribution in [1.82, 2.24) is 19.7 Å². The van der Waals surface area contributed by atoms with E-state index in [0.717, 1.165) is 66.3 Å². The van der Waals surface area contributed by atoms with Crippen LogP contribution in [0.5, 0.6) is 0 Å². The average molecular weight is 485 g/mol. The highest BCUT2D eigenvalue weighted by Gasteiger charge is 2.37. The van der Waals surface area contributed by atoms with Gasteiger partial charge in [-0.05, 0) is 39.2 Å². The van der Waals surface area contributed by atoms with E-state index in [0.29, 0.717) is 13.2 Å². The molecule has 3 heterocycles. The number of rotatable bonds is 9. The van der Waals surface area contributed by atoms with Gasteiger partial charge in [-0.15, -0.1) is 0 Å². The molecule has 0 spiro atoms. The van der Waals surface area contributed by atoms with Crippen LogP contribution in [0, 0.1) is 19.3 Å². The number of benzene rings is 2. The zero-order valence-corrected chi connectivity index (χ0v) is 21.5. The monoisotopic (exact) mass is 484 g/mol. The minimum Gasteiger partial charge on any atom is -0.345 e. The summed E-state index contributed by atoms with van der Waals surface area (Å²) < 4.78 is 14.7. The fourth-order valence-electron chi connectivity index (χ4n) is 5.06. The molecule has 0 radical (unpaired) electrons. The van der Waals surface area contributed by atoms with Gasteiger partial charge in [-0.3, -0.25) is 4.68 Å². The molecule has 0 aliphatic carbocycles. The summed E-state index contributed by atoms with van der Waals surface area (Å²) in [5, 5.41) is 4.59. The summed E-state index contributed by atoms with van der Waals surface area (Å²) in [7, 11) is 0. The Morgan fingerprint density at radius 3 is 2.22 bits per heavy atom. The molecular formula is C30H36N4O2. The molecule has 2 aromatic carbocycles. The van der Waals surface area contributed by atoms with E-state index in [1.807, 2.05) is 43.3 Å². The van der Waals surface area contributed by atoms with Crippen LogP contribution in [0.25, 0.3) is 22.5 Å². The second kappa shape index (κ2) is 10.8. The van der Waals surface area contributed by atoms with Gasteiger partial charge in [-0.1, -0.05) is 74.0 Å². The molecule has 1 saturated heterocycles. The number of unbranched alkanes of at least 4 members (excludes halogenated alkanes) is 1. The smallest absolute Gasteiger partial charge is 0.217 e. The molecule has 0 atom stereocenters. The molecule has 1 aliphatic rings. The van der Waals surface area contributed by atoms with Crippen molar-refractivity contribution in [1.29, 1.82) is 0 Å². The maximum absolute atomic E-state index is 6.32. The molecule has 1 N–H and O–H groups in total. The summed E-state index contributed by atoms with van der Waals surface area (Å²) in [6.45, 7) is 8.72. The van der Waals surface area contributed by atoms with E-state index in [9.17, 15) is 0 Å². The minimum atomic E-state index is -0.487. The number of hydrogen-bond acceptors (Lipinski definition) is 4. The van der Waals surface area contributed by atoms with Gasteiger partial charge >= 0.3 is 0 Å². The molecular weight excluding hydrogens is 448 g/mol. The van der Waals surface area contributed by atoms with E-state index >= 15 is 0 Å². The van der Waals surface area contributed by atoms with Crippen LogP contribution in [0.2, 0.25) is 0 Å². The van der Waals surface area contributed by atoms with Crippen LogP contribution >= 0.6 is 0 Å². The van der Waals surface area contributed by atoms with Gasteiger partial charge in [0.15, 0.2) is 5.82 Å². The molecule has 6 nitrogen and oxygen atoms in total. The molecule has 2 aromatic heterocycles. The SMILES string of the molecule is CC[C@]1(CCCCn2nc(C)cc2C)CO[C@H](c2nc(-c3ccccc3)c(-c3ccccc3)[nH]2)OC1. The largest absolute Gasteiger partial charge is 0.345 e. The van der Waals surface area contributed by atoms with Crippen molar-refractivity contribution in [2.24, 2.45) is 5.41 Å². The summed E-state index contributed by atoms with van der Waals surface area (Å²) in [6, 6.07) is 22.7. The van der Waals surface area contributed by atoms with Crippen LogP contribution in [0.4, 0.5) is 0 Å². The van der Waals surface area contributed by atoms with Gasteiger partial charge in [0.25, 0.3) is 0 Å². The standard InChI is InChI=1S/C30H36N4O2/c1-4-30(17-11-12-18-34-23(3)19-22(2)33-34)20-35-29(36-21-30)28-31-26(24-13-7-5-8-14-24)27(32-28)25-15-9-6-10-16-25/h5-10,13-16,19,29H,4,11-12,17-18,20-21H2,1-3H3,(H,31,32)/t29-,30-. The highest BCUT2D eigenvalue weighted by atomic mass is 16.7. The third-order valence-electron chi connectivity index (χ3n) is 7.32. The highest BCUT2D eigenvalue weighted by molar-refractivity contribution is 5.78. The fraction of sp³-hybridized carbons (Fsp3) is 0.400. The Hall–Kier alpha value is -3.22. The molecule has 0 bridgehead atoms. The van der Waals surface area contributed by atoms with Gasteiger partial charge in [0.1, 0.15) is 0 Å². The maximum Gasteiger partial charge on any atom is 0.217 e. The zero-order valence-electron chi connectivity index (χ0n) is 21.5. The number of nitrogens with one attached hydrogen (secondary N) is 1. The molecule has 4 aromatic rings. The van der Waals surface area contributed by atoms with Crippen molar-refractivity contribution in [2.75, 3.05) is 13.2 Å². The van der Waals surface area contributed by atoms with Crippen molar-refractivity contribution in [3.05, 3.63) is 83.9 Å². The number of imidazole rings is 1. The van der Waals surface area contributed by atoms with E-state index in [1.54, 1.807) is 0 Å². The topological polar surface area (TPSA) is 65.0 Å². The van der Waals surface area contributed by atoms with Crippen molar-refractivity contribution >= 4 is 0 Å². The van der Waals surface area contributed by atoms with Crippen molar-refractivity contribution in [2.45, 2.75) is 59.3 Å². The van der Waals surface area contributed by atoms with Crippen molar-refractivity contribution in [3.8, 4) is 22.5 Å². The summed E-state index contributed by atoms with van der Waals surface area (Å²) in [4.78, 5) is 8.48. The lowest BCUT2D eigenvalue weighted by molar-refractivity contribution is -0.239. The molecule has 0 unspecified atom stereocenters. The molecule has 188 valence electrons. The number of aryl methyl sites for hydroxylation is 3. The highest BCUT2D eigenvalue weighted by Crippen LogP contribution is 2.39. The van der Waals surface area contributed by atoms with E-state index in [2.05, 4.69) is 58.9 Å². The average Bonchev–Trinajstić information content (AvgIpc) is 3.51. The van der Waals surface area contributed by atoms with Crippen LogP contribution in [0.1, 0.15) is 56.1 Å². The molecule has 0 saturated carbocycles. The van der Waals surface area contributed by atoms with Gasteiger partial charge in [0.05, 0.1) is 30.3 Å². The maximum atomic E-state index is 6.32. The van der Waals surface area contributed by atoms with Gasteiger partial charge in [0, 0.05) is 28.8 Å². The van der Waals surface area contributed by atoms with Crippen LogP contribution in [-0.2, 0) is 16.0 Å². The Morgan fingerprint density at radius 2 is 1.61 bits per heavy atom. The number of hydrogen-bond donors (Lipinski definition) is 1. The van der Waals surface area contributed by atoms with Crippen LogP contribution in [0.3, 0.4) is 0 Å². The Labute approximate surface area is 213 Å². The quantitative estimate of drug-likeness (QED) is 0.263. The minimum absolute atomic E-state index is 0.0443. The number of ether oxygens (including phenoxy) is 2. The molecule has 0 amide bonds. The first-order valence-electron chi connectivity index (χ1n) is 13.0. The van der Waals surface area contributed by atoms with E-state index in [-0.39, 0.29) is 5.41 Å². The van der Waals surface area contributed by atoms with Crippen LogP contribution in [0.15, 0.2) is 66.7 Å². The second-order valence-electron chi connectivity index (χ2n) is 9.99. The van der Waals surface area contributed by atoms with Gasteiger partial charge in [0.2, 0.25) is 6.29 Å². The lowest BCUT2D eigenvalue weighted by Gasteiger charge is -2.39. The molecule has 6 heteroatoms. The van der Waals surface area contributed by atoms with E-state index < -0.39 is 6.29 Å². The zero-order chi connectivity index (χ0) is 25.0. The molecule has 1 aliphatic heterocycles. The number of aromatic amines is 1. The number of H-pyrrole nitrogens is 1. The Kier molecular flexibility index (Phi) is 7.35. The first-order chi connectivity index (χ1) is 17.6. The number of nitrogens with zero attached hydrogens (tertiary/aromatic N) is 3. The molecule has 36 heavy (non-hydrogen) atoms. The predicted octanol–water partition coefficient (Wildman–Crippen LogP) is 6.87. The fourth-order valence-corrected chi connectivity index (χ4v) is 5.06. The lowest BCUT2D eigenvalue weighted by Crippen LogP contribution is -2.38. The normalized spacial score (nSPS) is 20.0. The summed E-state index contributed by atoms with van der Waals surface area (Å²) in [5.74, 6) is 0.724. The third-order valence-corrected chi connectivity index (χ3v) is 7.32. The number of aromatic nitrogens is 4. The molecule has 1 fully saturated rings. The summed E-state index contributed by atoms with van der Waals surface area (Å²) in [5.41, 5.74) is 6.43.